The molecule has 0 aliphatic carbocycles. The molecule has 0 saturated carbocycles. The Morgan fingerprint density at radius 3 is 2.46 bits per heavy atom. The number of aryl methyl sites for hydroxylation is 2. The summed E-state index contributed by atoms with van der Waals surface area (Å²) in [5.41, 5.74) is 4.03. The zero-order valence-electron chi connectivity index (χ0n) is 15.6. The van der Waals surface area contributed by atoms with Crippen molar-refractivity contribution < 1.29 is 9.53 Å². The van der Waals surface area contributed by atoms with Gasteiger partial charge in [-0.25, -0.2) is 0 Å². The largest absolute Gasteiger partial charge is 0.497 e. The quantitative estimate of drug-likeness (QED) is 0.753. The number of rotatable bonds is 6. The summed E-state index contributed by atoms with van der Waals surface area (Å²) in [6, 6.07) is 13.3. The van der Waals surface area contributed by atoms with Crippen LogP contribution in [0.15, 0.2) is 42.5 Å². The maximum Gasteiger partial charge on any atom is 0.243 e. The first-order chi connectivity index (χ1) is 12.4. The lowest BCUT2D eigenvalue weighted by Crippen LogP contribution is -2.40. The third-order valence-electron chi connectivity index (χ3n) is 4.12. The van der Waals surface area contributed by atoms with E-state index >= 15 is 0 Å². The zero-order valence-corrected chi connectivity index (χ0v) is 16.4. The summed E-state index contributed by atoms with van der Waals surface area (Å²) < 4.78 is 5.17. The summed E-state index contributed by atoms with van der Waals surface area (Å²) >= 11 is 5.47. The minimum absolute atomic E-state index is 0.135. The van der Waals surface area contributed by atoms with Gasteiger partial charge in [0.25, 0.3) is 0 Å². The second kappa shape index (κ2) is 9.20. The van der Waals surface area contributed by atoms with Gasteiger partial charge >= 0.3 is 0 Å². The van der Waals surface area contributed by atoms with E-state index < -0.39 is 0 Å². The molecule has 2 aromatic rings. The number of thiocarbonyl (C=S) groups is 1. The van der Waals surface area contributed by atoms with Crippen LogP contribution in [0.3, 0.4) is 0 Å². The van der Waals surface area contributed by atoms with Crippen LogP contribution in [-0.4, -0.2) is 36.1 Å². The van der Waals surface area contributed by atoms with Crippen LogP contribution in [0.4, 0.5) is 11.4 Å². The molecule has 0 spiro atoms. The fourth-order valence-electron chi connectivity index (χ4n) is 2.42. The van der Waals surface area contributed by atoms with Gasteiger partial charge < -0.3 is 20.3 Å². The van der Waals surface area contributed by atoms with Crippen molar-refractivity contribution in [3.05, 3.63) is 53.6 Å². The van der Waals surface area contributed by atoms with Gasteiger partial charge in [0.1, 0.15) is 5.75 Å². The lowest BCUT2D eigenvalue weighted by atomic mass is 10.1. The highest BCUT2D eigenvalue weighted by molar-refractivity contribution is 7.80. The minimum atomic E-state index is -0.135. The molecule has 0 radical (unpaired) electrons. The Balaban J connectivity index is 1.97. The van der Waals surface area contributed by atoms with Crippen LogP contribution in [0.25, 0.3) is 0 Å². The smallest absolute Gasteiger partial charge is 0.243 e. The third kappa shape index (κ3) is 5.46. The number of ether oxygens (including phenoxy) is 1. The van der Waals surface area contributed by atoms with Crippen LogP contribution < -0.4 is 15.4 Å². The Kier molecular flexibility index (Phi) is 6.97. The van der Waals surface area contributed by atoms with Crippen LogP contribution >= 0.6 is 12.2 Å². The molecular weight excluding hydrogens is 346 g/mol. The molecule has 2 rings (SSSR count). The second-order valence-corrected chi connectivity index (χ2v) is 6.41. The maximum atomic E-state index is 12.4. The number of carbonyl (C=O) groups excluding carboxylic acids is 1. The zero-order chi connectivity index (χ0) is 19.1. The molecule has 26 heavy (non-hydrogen) atoms. The van der Waals surface area contributed by atoms with Crippen molar-refractivity contribution in [2.45, 2.75) is 20.8 Å². The van der Waals surface area contributed by atoms with E-state index in [1.807, 2.05) is 48.2 Å². The average molecular weight is 372 g/mol. The van der Waals surface area contributed by atoms with Gasteiger partial charge in [-0.05, 0) is 68.4 Å². The number of amides is 1. The van der Waals surface area contributed by atoms with Gasteiger partial charge in [-0.2, -0.15) is 0 Å². The van der Waals surface area contributed by atoms with Crippen molar-refractivity contribution in [3.63, 3.8) is 0 Å². The number of methoxy groups -OCH3 is 1. The molecule has 0 fully saturated rings. The Labute approximate surface area is 160 Å². The SMILES string of the molecule is CCN(CC(=O)Nc1cccc(OC)c1)C(=S)Nc1ccc(C)c(C)c1. The molecule has 0 unspecified atom stereocenters. The Morgan fingerprint density at radius 1 is 1.08 bits per heavy atom. The fourth-order valence-corrected chi connectivity index (χ4v) is 2.74. The van der Waals surface area contributed by atoms with Crippen molar-refractivity contribution in [1.82, 2.24) is 4.90 Å². The Morgan fingerprint density at radius 2 is 1.81 bits per heavy atom. The Hall–Kier alpha value is -2.60. The Bertz CT molecular complexity index is 792. The molecule has 0 saturated heterocycles. The van der Waals surface area contributed by atoms with Crippen LogP contribution in [-0.2, 0) is 4.79 Å². The fraction of sp³-hybridized carbons (Fsp3) is 0.300. The van der Waals surface area contributed by atoms with E-state index in [0.29, 0.717) is 23.1 Å². The molecule has 0 heterocycles. The highest BCUT2D eigenvalue weighted by atomic mass is 32.1. The van der Waals surface area contributed by atoms with Gasteiger partial charge in [-0.1, -0.05) is 12.1 Å². The molecule has 138 valence electrons. The van der Waals surface area contributed by atoms with E-state index in [-0.39, 0.29) is 12.5 Å². The molecule has 0 aliphatic rings. The molecular formula is C20H25N3O2S. The summed E-state index contributed by atoms with van der Waals surface area (Å²) in [6.07, 6.45) is 0. The minimum Gasteiger partial charge on any atom is -0.497 e. The van der Waals surface area contributed by atoms with Crippen molar-refractivity contribution in [2.75, 3.05) is 30.8 Å². The topological polar surface area (TPSA) is 53.6 Å². The average Bonchev–Trinajstić information content (AvgIpc) is 2.62. The highest BCUT2D eigenvalue weighted by Gasteiger charge is 2.13. The maximum absolute atomic E-state index is 12.4. The number of hydrogen-bond acceptors (Lipinski definition) is 3. The predicted molar refractivity (Wildman–Crippen MR) is 111 cm³/mol. The van der Waals surface area contributed by atoms with E-state index in [0.717, 1.165) is 5.69 Å². The standard InChI is InChI=1S/C20H25N3O2S/c1-5-23(20(26)22-17-10-9-14(2)15(3)11-17)13-19(24)21-16-7-6-8-18(12-16)25-4/h6-12H,5,13H2,1-4H3,(H,21,24)(H,22,26). The van der Waals surface area contributed by atoms with Crippen molar-refractivity contribution >= 4 is 34.6 Å². The number of likely N-dealkylation sites (N-methyl/N-ethyl adjacent to an activating group) is 1. The highest BCUT2D eigenvalue weighted by Crippen LogP contribution is 2.17. The van der Waals surface area contributed by atoms with Crippen LogP contribution in [0, 0.1) is 13.8 Å². The molecule has 0 aromatic heterocycles. The molecule has 2 aromatic carbocycles. The van der Waals surface area contributed by atoms with Crippen LogP contribution in [0.2, 0.25) is 0 Å². The first-order valence-electron chi connectivity index (χ1n) is 8.50. The van der Waals surface area contributed by atoms with Gasteiger partial charge in [-0.3, -0.25) is 4.79 Å². The summed E-state index contributed by atoms with van der Waals surface area (Å²) in [7, 11) is 1.59. The monoisotopic (exact) mass is 371 g/mol. The molecule has 0 bridgehead atoms. The summed E-state index contributed by atoms with van der Waals surface area (Å²) in [5.74, 6) is 0.561. The lowest BCUT2D eigenvalue weighted by Gasteiger charge is -2.24. The van der Waals surface area contributed by atoms with Crippen LogP contribution in [0.5, 0.6) is 5.75 Å². The number of nitrogens with one attached hydrogen (secondary N) is 2. The van der Waals surface area contributed by atoms with Gasteiger partial charge in [0.2, 0.25) is 5.91 Å². The third-order valence-corrected chi connectivity index (χ3v) is 4.48. The second-order valence-electron chi connectivity index (χ2n) is 6.02. The molecule has 1 amide bonds. The lowest BCUT2D eigenvalue weighted by molar-refractivity contribution is -0.116. The molecule has 2 N–H and O–H groups in total. The van der Waals surface area contributed by atoms with Crippen molar-refractivity contribution in [1.29, 1.82) is 0 Å². The van der Waals surface area contributed by atoms with Crippen molar-refractivity contribution in [3.8, 4) is 5.75 Å². The molecule has 6 heteroatoms. The van der Waals surface area contributed by atoms with Gasteiger partial charge in [-0.15, -0.1) is 0 Å². The first kappa shape index (κ1) is 19.7. The van der Waals surface area contributed by atoms with E-state index in [4.69, 9.17) is 17.0 Å². The van der Waals surface area contributed by atoms with Gasteiger partial charge in [0.15, 0.2) is 5.11 Å². The first-order valence-corrected chi connectivity index (χ1v) is 8.90. The van der Waals surface area contributed by atoms with E-state index in [9.17, 15) is 4.79 Å². The summed E-state index contributed by atoms with van der Waals surface area (Å²) in [5, 5.41) is 6.60. The van der Waals surface area contributed by atoms with Gasteiger partial charge in [0, 0.05) is 24.0 Å². The summed E-state index contributed by atoms with van der Waals surface area (Å²) in [4.78, 5) is 14.2. The number of hydrogen-bond donors (Lipinski definition) is 2. The van der Waals surface area contributed by atoms with E-state index in [2.05, 4.69) is 24.5 Å². The van der Waals surface area contributed by atoms with E-state index in [1.54, 1.807) is 13.2 Å². The van der Waals surface area contributed by atoms with Crippen molar-refractivity contribution in [2.24, 2.45) is 0 Å². The number of nitrogens with zero attached hydrogens (tertiary/aromatic N) is 1. The number of anilines is 2. The molecule has 5 nitrogen and oxygen atoms in total. The summed E-state index contributed by atoms with van der Waals surface area (Å²) in [6.45, 7) is 6.89. The number of carbonyl (C=O) groups is 1. The molecule has 0 atom stereocenters. The van der Waals surface area contributed by atoms with Crippen LogP contribution in [0.1, 0.15) is 18.1 Å². The predicted octanol–water partition coefficient (Wildman–Crippen LogP) is 3.97. The normalized spacial score (nSPS) is 10.2. The molecule has 0 aliphatic heterocycles. The van der Waals surface area contributed by atoms with E-state index in [1.165, 1.54) is 11.1 Å². The number of benzene rings is 2. The van der Waals surface area contributed by atoms with Gasteiger partial charge in [0.05, 0.1) is 13.7 Å².